The lowest BCUT2D eigenvalue weighted by molar-refractivity contribution is 0.0944. The Kier molecular flexibility index (Phi) is 5.34. The molecule has 0 aliphatic rings. The maximum Gasteiger partial charge on any atom is 0.291 e. The molecule has 1 aromatic heterocycles. The lowest BCUT2D eigenvalue weighted by Crippen LogP contribution is -2.34. The molecule has 0 unspecified atom stereocenters. The number of aryl methyl sites for hydroxylation is 1. The van der Waals surface area contributed by atoms with Crippen molar-refractivity contribution in [3.05, 3.63) is 40.9 Å². The first-order valence-electron chi connectivity index (χ1n) is 6.69. The van der Waals surface area contributed by atoms with Crippen molar-refractivity contribution in [2.24, 2.45) is 0 Å². The molecule has 2 N–H and O–H groups in total. The average molecular weight is 358 g/mol. The Morgan fingerprint density at radius 2 is 1.91 bits per heavy atom. The third-order valence-corrected chi connectivity index (χ3v) is 3.80. The van der Waals surface area contributed by atoms with E-state index in [0.717, 1.165) is 11.9 Å². The van der Waals surface area contributed by atoms with E-state index in [1.165, 1.54) is 4.68 Å². The lowest BCUT2D eigenvalue weighted by Gasteiger charge is -2.03. The van der Waals surface area contributed by atoms with Crippen LogP contribution in [0.1, 0.15) is 16.4 Å². The molecule has 0 fully saturated rings. The van der Waals surface area contributed by atoms with Gasteiger partial charge >= 0.3 is 0 Å². The van der Waals surface area contributed by atoms with Gasteiger partial charge in [-0.1, -0.05) is 11.6 Å². The predicted octanol–water partition coefficient (Wildman–Crippen LogP) is 0.508. The van der Waals surface area contributed by atoms with Gasteiger partial charge in [0.2, 0.25) is 15.8 Å². The molecule has 1 heterocycles. The molecule has 124 valence electrons. The maximum atomic E-state index is 12.0. The number of aromatic nitrogens is 3. The molecular weight excluding hydrogens is 342 g/mol. The standard InChI is InChI=1S/C13H16ClN5O3S/c1-9-17-12(13(20)15-7-8-16-23(2,21)22)18-19(9)11-5-3-10(14)4-6-11/h3-6,16H,7-8H2,1-2H3,(H,15,20). The van der Waals surface area contributed by atoms with Gasteiger partial charge in [-0.3, -0.25) is 4.79 Å². The summed E-state index contributed by atoms with van der Waals surface area (Å²) >= 11 is 5.84. The molecule has 8 nitrogen and oxygen atoms in total. The van der Waals surface area contributed by atoms with E-state index in [1.54, 1.807) is 31.2 Å². The van der Waals surface area contributed by atoms with Gasteiger partial charge in [0.1, 0.15) is 5.82 Å². The number of carbonyl (C=O) groups excluding carboxylic acids is 1. The Hall–Kier alpha value is -1.97. The van der Waals surface area contributed by atoms with Crippen LogP contribution in [0.25, 0.3) is 5.69 Å². The first-order chi connectivity index (χ1) is 10.8. The highest BCUT2D eigenvalue weighted by Crippen LogP contribution is 2.14. The van der Waals surface area contributed by atoms with Crippen LogP contribution in [-0.2, 0) is 10.0 Å². The molecule has 10 heteroatoms. The molecule has 1 amide bonds. The zero-order valence-corrected chi connectivity index (χ0v) is 14.1. The molecule has 0 bridgehead atoms. The first-order valence-corrected chi connectivity index (χ1v) is 8.95. The number of hydrogen-bond acceptors (Lipinski definition) is 5. The van der Waals surface area contributed by atoms with Crippen LogP contribution >= 0.6 is 11.6 Å². The van der Waals surface area contributed by atoms with E-state index in [4.69, 9.17) is 11.6 Å². The molecule has 0 radical (unpaired) electrons. The Morgan fingerprint density at radius 3 is 2.52 bits per heavy atom. The Balaban J connectivity index is 2.02. The minimum absolute atomic E-state index is 0.0109. The number of sulfonamides is 1. The van der Waals surface area contributed by atoms with Gasteiger partial charge < -0.3 is 5.32 Å². The molecule has 0 saturated carbocycles. The molecule has 23 heavy (non-hydrogen) atoms. The van der Waals surface area contributed by atoms with Crippen LogP contribution in [0, 0.1) is 6.92 Å². The number of halogens is 1. The van der Waals surface area contributed by atoms with Gasteiger partial charge in [0, 0.05) is 18.1 Å². The minimum Gasteiger partial charge on any atom is -0.348 e. The second-order valence-electron chi connectivity index (χ2n) is 4.79. The van der Waals surface area contributed by atoms with Gasteiger partial charge in [0.25, 0.3) is 5.91 Å². The van der Waals surface area contributed by atoms with Crippen molar-refractivity contribution in [3.63, 3.8) is 0 Å². The Morgan fingerprint density at radius 1 is 1.26 bits per heavy atom. The van der Waals surface area contributed by atoms with Crippen LogP contribution in [0.3, 0.4) is 0 Å². The number of nitrogens with one attached hydrogen (secondary N) is 2. The van der Waals surface area contributed by atoms with Crippen LogP contribution in [0.2, 0.25) is 5.02 Å². The molecule has 0 saturated heterocycles. The minimum atomic E-state index is -3.28. The Labute approximate surface area is 138 Å². The fourth-order valence-corrected chi connectivity index (χ4v) is 2.40. The van der Waals surface area contributed by atoms with E-state index >= 15 is 0 Å². The topological polar surface area (TPSA) is 106 Å². The van der Waals surface area contributed by atoms with E-state index in [0.29, 0.717) is 10.8 Å². The van der Waals surface area contributed by atoms with Crippen molar-refractivity contribution in [1.29, 1.82) is 0 Å². The fourth-order valence-electron chi connectivity index (χ4n) is 1.80. The molecule has 0 aliphatic heterocycles. The van der Waals surface area contributed by atoms with Crippen LogP contribution in [-0.4, -0.2) is 48.4 Å². The summed E-state index contributed by atoms with van der Waals surface area (Å²) in [5.41, 5.74) is 0.734. The number of carbonyl (C=O) groups is 1. The third kappa shape index (κ3) is 5.02. The van der Waals surface area contributed by atoms with Crippen molar-refractivity contribution in [2.45, 2.75) is 6.92 Å². The summed E-state index contributed by atoms with van der Waals surface area (Å²) in [4.78, 5) is 16.1. The van der Waals surface area contributed by atoms with Gasteiger partial charge in [-0.25, -0.2) is 22.8 Å². The van der Waals surface area contributed by atoms with E-state index in [-0.39, 0.29) is 18.9 Å². The second-order valence-corrected chi connectivity index (χ2v) is 7.06. The monoisotopic (exact) mass is 357 g/mol. The van der Waals surface area contributed by atoms with Crippen molar-refractivity contribution >= 4 is 27.5 Å². The van der Waals surface area contributed by atoms with Crippen molar-refractivity contribution in [1.82, 2.24) is 24.8 Å². The van der Waals surface area contributed by atoms with Gasteiger partial charge in [-0.2, -0.15) is 0 Å². The summed E-state index contributed by atoms with van der Waals surface area (Å²) in [7, 11) is -3.28. The van der Waals surface area contributed by atoms with Crippen molar-refractivity contribution in [2.75, 3.05) is 19.3 Å². The summed E-state index contributed by atoms with van der Waals surface area (Å²) < 4.78 is 25.6. The highest BCUT2D eigenvalue weighted by atomic mass is 35.5. The SMILES string of the molecule is Cc1nc(C(=O)NCCNS(C)(=O)=O)nn1-c1ccc(Cl)cc1. The highest BCUT2D eigenvalue weighted by Gasteiger charge is 2.15. The molecule has 0 aliphatic carbocycles. The zero-order valence-electron chi connectivity index (χ0n) is 12.6. The van der Waals surface area contributed by atoms with Gasteiger partial charge in [0.05, 0.1) is 11.9 Å². The summed E-state index contributed by atoms with van der Waals surface area (Å²) in [5.74, 6) is 0.0830. The Bertz CT molecular complexity index is 802. The summed E-state index contributed by atoms with van der Waals surface area (Å²) in [6.07, 6.45) is 1.05. The number of amides is 1. The third-order valence-electron chi connectivity index (χ3n) is 2.82. The predicted molar refractivity (Wildman–Crippen MR) is 86.3 cm³/mol. The van der Waals surface area contributed by atoms with Gasteiger partial charge in [-0.05, 0) is 31.2 Å². The van der Waals surface area contributed by atoms with Gasteiger partial charge in [-0.15, -0.1) is 5.10 Å². The maximum absolute atomic E-state index is 12.0. The molecule has 0 spiro atoms. The lowest BCUT2D eigenvalue weighted by atomic mass is 10.3. The molecule has 2 rings (SSSR count). The van der Waals surface area contributed by atoms with Gasteiger partial charge in [0.15, 0.2) is 0 Å². The summed E-state index contributed by atoms with van der Waals surface area (Å²) in [6.45, 7) is 1.96. The van der Waals surface area contributed by atoms with Crippen LogP contribution in [0.15, 0.2) is 24.3 Å². The van der Waals surface area contributed by atoms with E-state index in [1.807, 2.05) is 0 Å². The van der Waals surface area contributed by atoms with E-state index < -0.39 is 15.9 Å². The number of benzene rings is 1. The zero-order chi connectivity index (χ0) is 17.0. The smallest absolute Gasteiger partial charge is 0.291 e. The molecule has 1 aromatic carbocycles. The fraction of sp³-hybridized carbons (Fsp3) is 0.308. The average Bonchev–Trinajstić information content (AvgIpc) is 2.85. The highest BCUT2D eigenvalue weighted by molar-refractivity contribution is 7.88. The molecule has 2 aromatic rings. The number of hydrogen-bond donors (Lipinski definition) is 2. The van der Waals surface area contributed by atoms with Crippen LogP contribution < -0.4 is 10.0 Å². The molecular formula is C13H16ClN5O3S. The second kappa shape index (κ2) is 7.07. The van der Waals surface area contributed by atoms with E-state index in [2.05, 4.69) is 20.1 Å². The number of nitrogens with zero attached hydrogens (tertiary/aromatic N) is 3. The largest absolute Gasteiger partial charge is 0.348 e. The van der Waals surface area contributed by atoms with Crippen LogP contribution in [0.5, 0.6) is 0 Å². The molecule has 0 atom stereocenters. The summed E-state index contributed by atoms with van der Waals surface area (Å²) in [6, 6.07) is 6.96. The van der Waals surface area contributed by atoms with Crippen molar-refractivity contribution in [3.8, 4) is 5.69 Å². The van der Waals surface area contributed by atoms with E-state index in [9.17, 15) is 13.2 Å². The number of rotatable bonds is 6. The first kappa shape index (κ1) is 17.4. The normalized spacial score (nSPS) is 11.4. The van der Waals surface area contributed by atoms with Crippen molar-refractivity contribution < 1.29 is 13.2 Å². The quantitative estimate of drug-likeness (QED) is 0.732. The summed E-state index contributed by atoms with van der Waals surface area (Å²) in [5, 5.41) is 7.30. The van der Waals surface area contributed by atoms with Crippen LogP contribution in [0.4, 0.5) is 0 Å².